The van der Waals surface area contributed by atoms with E-state index in [0.717, 1.165) is 70.6 Å². The minimum absolute atomic E-state index is 0.0309. The summed E-state index contributed by atoms with van der Waals surface area (Å²) in [7, 11) is 1.16. The Morgan fingerprint density at radius 2 is 1.30 bits per heavy atom. The fourth-order valence-corrected chi connectivity index (χ4v) is 4.48. The molecule has 0 aliphatic heterocycles. The average Bonchev–Trinajstić information content (AvgIpc) is 2.87. The maximum atomic E-state index is 12.4. The smallest absolute Gasteiger partial charge is 0.306 e. The highest BCUT2D eigenvalue weighted by atomic mass is 31.2. The Bertz CT molecular complexity index is 723. The van der Waals surface area contributed by atoms with E-state index >= 15 is 0 Å². The van der Waals surface area contributed by atoms with Crippen LogP contribution in [0.15, 0.2) is 12.2 Å². The number of carbonyl (C=O) groups excluding carboxylic acids is 2. The summed E-state index contributed by atoms with van der Waals surface area (Å²) in [6.07, 6.45) is 18.6. The van der Waals surface area contributed by atoms with Gasteiger partial charge in [0.15, 0.2) is 6.10 Å². The van der Waals surface area contributed by atoms with Crippen LogP contribution in [0.3, 0.4) is 0 Å². The Balaban J connectivity index is 4.52. The van der Waals surface area contributed by atoms with Gasteiger partial charge < -0.3 is 27.9 Å². The number of phosphoric acid groups is 1. The number of quaternary nitrogens is 1. The number of rotatable bonds is 27. The van der Waals surface area contributed by atoms with Gasteiger partial charge in [-0.25, -0.2) is 0 Å². The Morgan fingerprint density at radius 1 is 0.750 bits per heavy atom. The number of carbonyl (C=O) groups is 2. The second-order valence-corrected chi connectivity index (χ2v) is 12.9. The molecule has 0 heterocycles. The zero-order valence-electron chi connectivity index (χ0n) is 26.0. The van der Waals surface area contributed by atoms with E-state index in [2.05, 4.69) is 26.0 Å². The molecule has 0 aliphatic carbocycles. The van der Waals surface area contributed by atoms with Crippen LogP contribution in [-0.2, 0) is 32.7 Å². The zero-order valence-corrected chi connectivity index (χ0v) is 26.9. The van der Waals surface area contributed by atoms with Gasteiger partial charge in [0.1, 0.15) is 19.8 Å². The highest BCUT2D eigenvalue weighted by Crippen LogP contribution is 2.38. The van der Waals surface area contributed by atoms with Crippen molar-refractivity contribution in [2.75, 3.05) is 47.5 Å². The van der Waals surface area contributed by atoms with Crippen LogP contribution >= 0.6 is 7.82 Å². The van der Waals surface area contributed by atoms with Gasteiger partial charge in [0.25, 0.3) is 7.82 Å². The molecule has 0 N–H and O–H groups in total. The maximum Gasteiger partial charge on any atom is 0.306 e. The lowest BCUT2D eigenvalue weighted by Gasteiger charge is -2.28. The van der Waals surface area contributed by atoms with E-state index in [1.807, 2.05) is 21.1 Å². The average molecular weight is 592 g/mol. The van der Waals surface area contributed by atoms with Crippen molar-refractivity contribution in [1.82, 2.24) is 0 Å². The van der Waals surface area contributed by atoms with Gasteiger partial charge in [-0.15, -0.1) is 0 Å². The topological polar surface area (TPSA) is 111 Å². The second-order valence-electron chi connectivity index (χ2n) is 11.5. The van der Waals surface area contributed by atoms with Crippen molar-refractivity contribution in [3.63, 3.8) is 0 Å². The third-order valence-electron chi connectivity index (χ3n) is 6.29. The summed E-state index contributed by atoms with van der Waals surface area (Å²) >= 11 is 0. The number of unbranched alkanes of at least 4 members (excludes halogenated alkanes) is 11. The summed E-state index contributed by atoms with van der Waals surface area (Å²) in [6.45, 7) is 4.04. The SMILES string of the molecule is CCCC/C=C\CCCCCCCC(=O)OC(COC(=O)CCCCCCC)COP(=O)([O-])OCC[N+](C)(C)C. The zero-order chi connectivity index (χ0) is 30.1. The third kappa shape index (κ3) is 26.9. The molecule has 2 unspecified atom stereocenters. The summed E-state index contributed by atoms with van der Waals surface area (Å²) in [5.41, 5.74) is 0. The van der Waals surface area contributed by atoms with Crippen molar-refractivity contribution in [2.24, 2.45) is 0 Å². The van der Waals surface area contributed by atoms with Gasteiger partial charge in [0, 0.05) is 12.8 Å². The molecule has 0 aromatic heterocycles. The van der Waals surface area contributed by atoms with Crippen LogP contribution in [0.4, 0.5) is 0 Å². The lowest BCUT2D eigenvalue weighted by molar-refractivity contribution is -0.870. The molecule has 0 fully saturated rings. The van der Waals surface area contributed by atoms with Gasteiger partial charge in [-0.05, 0) is 32.1 Å². The van der Waals surface area contributed by atoms with Crippen molar-refractivity contribution >= 4 is 19.8 Å². The molecule has 236 valence electrons. The molecule has 0 saturated carbocycles. The van der Waals surface area contributed by atoms with E-state index in [9.17, 15) is 19.0 Å². The Kier molecular flexibility index (Phi) is 23.6. The molecule has 0 bridgehead atoms. The summed E-state index contributed by atoms with van der Waals surface area (Å²) in [5.74, 6) is -0.864. The molecule has 0 aromatic rings. The van der Waals surface area contributed by atoms with Gasteiger partial charge in [-0.2, -0.15) is 0 Å². The van der Waals surface area contributed by atoms with E-state index < -0.39 is 32.5 Å². The molecule has 0 aromatic carbocycles. The Morgan fingerprint density at radius 3 is 1.93 bits per heavy atom. The first-order valence-corrected chi connectivity index (χ1v) is 16.9. The van der Waals surface area contributed by atoms with Crippen molar-refractivity contribution in [2.45, 2.75) is 123 Å². The highest BCUT2D eigenvalue weighted by Gasteiger charge is 2.21. The molecule has 0 rings (SSSR count). The maximum absolute atomic E-state index is 12.4. The molecule has 10 heteroatoms. The van der Waals surface area contributed by atoms with Crippen LogP contribution in [0.1, 0.15) is 117 Å². The molecular formula is C30H58NO8P. The van der Waals surface area contributed by atoms with Crippen molar-refractivity contribution in [1.29, 1.82) is 0 Å². The number of phosphoric ester groups is 1. The molecule has 0 aliphatic rings. The first-order valence-electron chi connectivity index (χ1n) is 15.4. The van der Waals surface area contributed by atoms with Crippen molar-refractivity contribution in [3.8, 4) is 0 Å². The molecule has 0 saturated heterocycles. The van der Waals surface area contributed by atoms with Crippen LogP contribution < -0.4 is 4.89 Å². The third-order valence-corrected chi connectivity index (χ3v) is 7.25. The molecule has 0 amide bonds. The molecular weight excluding hydrogens is 533 g/mol. The Hall–Kier alpha value is -1.25. The first-order chi connectivity index (χ1) is 19.0. The fourth-order valence-electron chi connectivity index (χ4n) is 3.75. The second kappa shape index (κ2) is 24.4. The molecule has 9 nitrogen and oxygen atoms in total. The molecule has 0 radical (unpaired) electrons. The van der Waals surface area contributed by atoms with Crippen LogP contribution in [0, 0.1) is 0 Å². The summed E-state index contributed by atoms with van der Waals surface area (Å²) < 4.78 is 33.3. The number of hydrogen-bond donors (Lipinski definition) is 0. The van der Waals surface area contributed by atoms with Crippen LogP contribution in [-0.4, -0.2) is 70.0 Å². The first kappa shape index (κ1) is 38.8. The van der Waals surface area contributed by atoms with Crippen LogP contribution in [0.25, 0.3) is 0 Å². The molecule has 0 spiro atoms. The lowest BCUT2D eigenvalue weighted by atomic mass is 10.1. The van der Waals surface area contributed by atoms with Gasteiger partial charge in [0.2, 0.25) is 0 Å². The van der Waals surface area contributed by atoms with E-state index in [1.165, 1.54) is 12.8 Å². The predicted octanol–water partition coefficient (Wildman–Crippen LogP) is 6.49. The van der Waals surface area contributed by atoms with Crippen molar-refractivity contribution < 1.29 is 42.1 Å². The molecule has 2 atom stereocenters. The normalized spacial score (nSPS) is 14.2. The van der Waals surface area contributed by atoms with Gasteiger partial charge in [0.05, 0.1) is 27.7 Å². The van der Waals surface area contributed by atoms with Crippen LogP contribution in [0.5, 0.6) is 0 Å². The van der Waals surface area contributed by atoms with E-state index in [0.29, 0.717) is 17.4 Å². The largest absolute Gasteiger partial charge is 0.756 e. The standard InChI is InChI=1S/C30H58NO8P/c1-6-8-10-12-13-14-15-16-17-19-21-23-30(33)39-28(26-36-29(32)22-20-18-11-9-7-2)27-38-40(34,35)37-25-24-31(3,4)5/h12-13,28H,6-11,14-27H2,1-5H3/b13-12-. The van der Waals surface area contributed by atoms with Gasteiger partial charge in [-0.1, -0.05) is 83.8 Å². The Labute approximate surface area is 244 Å². The predicted molar refractivity (Wildman–Crippen MR) is 158 cm³/mol. The van der Waals surface area contributed by atoms with Crippen LogP contribution in [0.2, 0.25) is 0 Å². The summed E-state index contributed by atoms with van der Waals surface area (Å²) in [6, 6.07) is 0. The fraction of sp³-hybridized carbons (Fsp3) is 0.867. The van der Waals surface area contributed by atoms with Gasteiger partial charge >= 0.3 is 11.9 Å². The van der Waals surface area contributed by atoms with E-state index in [-0.39, 0.29) is 26.1 Å². The lowest BCUT2D eigenvalue weighted by Crippen LogP contribution is -2.37. The monoisotopic (exact) mass is 591 g/mol. The highest BCUT2D eigenvalue weighted by molar-refractivity contribution is 7.45. The van der Waals surface area contributed by atoms with Gasteiger partial charge in [-0.3, -0.25) is 14.2 Å². The minimum atomic E-state index is -4.60. The quantitative estimate of drug-likeness (QED) is 0.0351. The number of esters is 2. The number of nitrogens with zero attached hydrogens (tertiary/aromatic N) is 1. The number of ether oxygens (including phenoxy) is 2. The summed E-state index contributed by atoms with van der Waals surface area (Å²) in [5, 5.41) is 0. The van der Waals surface area contributed by atoms with E-state index in [1.54, 1.807) is 0 Å². The summed E-state index contributed by atoms with van der Waals surface area (Å²) in [4.78, 5) is 36.7. The number of hydrogen-bond acceptors (Lipinski definition) is 8. The van der Waals surface area contributed by atoms with E-state index in [4.69, 9.17) is 18.5 Å². The van der Waals surface area contributed by atoms with Crippen molar-refractivity contribution in [3.05, 3.63) is 12.2 Å². The minimum Gasteiger partial charge on any atom is -0.756 e. The number of likely N-dealkylation sites (N-methyl/N-ethyl adjacent to an activating group) is 1. The number of allylic oxidation sites excluding steroid dienone is 2. The molecule has 40 heavy (non-hydrogen) atoms.